The lowest BCUT2D eigenvalue weighted by Gasteiger charge is -2.20. The van der Waals surface area contributed by atoms with Crippen molar-refractivity contribution in [1.29, 1.82) is 0 Å². The van der Waals surface area contributed by atoms with E-state index in [1.807, 2.05) is 24.3 Å². The Morgan fingerprint density at radius 2 is 1.94 bits per heavy atom. The number of nitrogens with zero attached hydrogens (tertiary/aromatic N) is 1. The van der Waals surface area contributed by atoms with E-state index in [0.717, 1.165) is 18.4 Å². The highest BCUT2D eigenvalue weighted by molar-refractivity contribution is 7.91. The molecule has 1 heterocycles. The fourth-order valence-corrected chi connectivity index (χ4v) is 6.10. The maximum Gasteiger partial charge on any atom is 0.324 e. The smallest absolute Gasteiger partial charge is 0.324 e. The molecule has 1 aromatic carbocycles. The summed E-state index contributed by atoms with van der Waals surface area (Å²) in [6, 6.07) is 6.67. The fourth-order valence-electron chi connectivity index (χ4n) is 4.01. The first-order valence-electron chi connectivity index (χ1n) is 11.2. The van der Waals surface area contributed by atoms with Crippen LogP contribution in [0.2, 0.25) is 0 Å². The average Bonchev–Trinajstić information content (AvgIpc) is 3.43. The lowest BCUT2D eigenvalue weighted by atomic mass is 9.98. The Kier molecular flexibility index (Phi) is 7.19. The monoisotopic (exact) mass is 466 g/mol. The highest BCUT2D eigenvalue weighted by Gasteiger charge is 2.47. The molecule has 1 atom stereocenters. The van der Waals surface area contributed by atoms with Crippen molar-refractivity contribution in [3.05, 3.63) is 29.8 Å². The minimum atomic E-state index is -3.23. The van der Waals surface area contributed by atoms with Crippen LogP contribution in [0.25, 0.3) is 0 Å². The van der Waals surface area contributed by atoms with E-state index in [9.17, 15) is 23.1 Å². The third-order valence-corrected chi connectivity index (χ3v) is 7.98. The molecule has 1 saturated carbocycles. The van der Waals surface area contributed by atoms with Crippen LogP contribution in [0.5, 0.6) is 5.75 Å². The zero-order chi connectivity index (χ0) is 23.6. The molecule has 0 radical (unpaired) electrons. The number of rotatable bonds is 12. The van der Waals surface area contributed by atoms with Gasteiger partial charge in [-0.25, -0.2) is 13.2 Å². The summed E-state index contributed by atoms with van der Waals surface area (Å²) < 4.78 is 31.2. The van der Waals surface area contributed by atoms with Gasteiger partial charge in [0.2, 0.25) is 0 Å². The third kappa shape index (κ3) is 6.45. The normalized spacial score (nSPS) is 20.4. The van der Waals surface area contributed by atoms with Gasteiger partial charge in [0, 0.05) is 12.0 Å². The summed E-state index contributed by atoms with van der Waals surface area (Å²) in [5.74, 6) is 0.577. The zero-order valence-electron chi connectivity index (χ0n) is 19.1. The number of sulfone groups is 1. The van der Waals surface area contributed by atoms with E-state index >= 15 is 0 Å². The maximum absolute atomic E-state index is 12.8. The van der Waals surface area contributed by atoms with Gasteiger partial charge in [-0.05, 0) is 64.2 Å². The molecule has 1 aliphatic carbocycles. The van der Waals surface area contributed by atoms with Crippen molar-refractivity contribution in [3.8, 4) is 5.75 Å². The topological polar surface area (TPSA) is 113 Å². The van der Waals surface area contributed by atoms with Gasteiger partial charge in [-0.3, -0.25) is 10.1 Å². The van der Waals surface area contributed by atoms with Crippen molar-refractivity contribution in [2.75, 3.05) is 24.7 Å². The quantitative estimate of drug-likeness (QED) is 0.361. The van der Waals surface area contributed by atoms with Crippen molar-refractivity contribution < 1.29 is 27.9 Å². The number of hydrogen-bond acceptors (Lipinski definition) is 6. The second kappa shape index (κ2) is 9.39. The van der Waals surface area contributed by atoms with Gasteiger partial charge in [0.05, 0.1) is 17.1 Å². The van der Waals surface area contributed by atoms with E-state index in [4.69, 9.17) is 4.74 Å². The van der Waals surface area contributed by atoms with E-state index in [2.05, 4.69) is 5.32 Å². The van der Waals surface area contributed by atoms with Gasteiger partial charge in [0.15, 0.2) is 9.84 Å². The number of carbonyl (C=O) groups excluding carboxylic acids is 2. The number of hydrogen-bond donors (Lipinski definition) is 2. The molecule has 1 unspecified atom stereocenters. The lowest BCUT2D eigenvalue weighted by molar-refractivity contribution is -0.121. The van der Waals surface area contributed by atoms with Crippen LogP contribution in [0.1, 0.15) is 58.4 Å². The first-order valence-corrected chi connectivity index (χ1v) is 13.0. The fraction of sp³-hybridized carbons (Fsp3) is 0.652. The molecule has 1 saturated heterocycles. The molecule has 2 fully saturated rings. The Labute approximate surface area is 190 Å². The summed E-state index contributed by atoms with van der Waals surface area (Å²) >= 11 is 0. The highest BCUT2D eigenvalue weighted by atomic mass is 32.2. The van der Waals surface area contributed by atoms with Crippen molar-refractivity contribution in [2.45, 2.75) is 69.9 Å². The number of unbranched alkanes of at least 4 members (excludes halogenated alkanes) is 2. The molecule has 0 spiro atoms. The van der Waals surface area contributed by atoms with Gasteiger partial charge < -0.3 is 14.7 Å². The van der Waals surface area contributed by atoms with Crippen molar-refractivity contribution in [1.82, 2.24) is 10.2 Å². The number of nitrogens with one attached hydrogen (secondary N) is 1. The number of aliphatic hydroxyl groups is 1. The Hall–Kier alpha value is -2.13. The van der Waals surface area contributed by atoms with Crippen LogP contribution in [0, 0.1) is 0 Å². The summed E-state index contributed by atoms with van der Waals surface area (Å²) in [6.45, 7) is 5.63. The van der Waals surface area contributed by atoms with E-state index in [1.165, 1.54) is 4.90 Å². The molecule has 1 aromatic rings. The van der Waals surface area contributed by atoms with Crippen LogP contribution < -0.4 is 10.1 Å². The molecule has 2 N–H and O–H groups in total. The Morgan fingerprint density at radius 3 is 2.53 bits per heavy atom. The van der Waals surface area contributed by atoms with Gasteiger partial charge >= 0.3 is 6.03 Å². The van der Waals surface area contributed by atoms with Crippen molar-refractivity contribution in [2.24, 2.45) is 0 Å². The summed E-state index contributed by atoms with van der Waals surface area (Å²) in [7, 11) is -3.23. The number of carbonyl (C=O) groups is 2. The Bertz CT molecular complexity index is 949. The lowest BCUT2D eigenvalue weighted by Crippen LogP contribution is -2.33. The van der Waals surface area contributed by atoms with Gasteiger partial charge in [-0.1, -0.05) is 18.6 Å². The van der Waals surface area contributed by atoms with Crippen LogP contribution in [-0.2, 0) is 20.0 Å². The zero-order valence-corrected chi connectivity index (χ0v) is 19.9. The van der Waals surface area contributed by atoms with Gasteiger partial charge in [0.1, 0.15) is 18.4 Å². The van der Waals surface area contributed by atoms with Crippen LogP contribution >= 0.6 is 0 Å². The van der Waals surface area contributed by atoms with E-state index < -0.39 is 21.5 Å². The first kappa shape index (κ1) is 24.5. The molecule has 1 aliphatic heterocycles. The highest BCUT2D eigenvalue weighted by Crippen LogP contribution is 2.50. The van der Waals surface area contributed by atoms with Crippen LogP contribution in [0.15, 0.2) is 24.3 Å². The molecule has 32 heavy (non-hydrogen) atoms. The van der Waals surface area contributed by atoms with Gasteiger partial charge in [-0.2, -0.15) is 0 Å². The van der Waals surface area contributed by atoms with E-state index in [1.54, 1.807) is 20.8 Å². The average molecular weight is 467 g/mol. The summed E-state index contributed by atoms with van der Waals surface area (Å²) in [6.07, 6.45) is 3.53. The summed E-state index contributed by atoms with van der Waals surface area (Å²) in [5, 5.41) is 12.1. The van der Waals surface area contributed by atoms with Gasteiger partial charge in [0.25, 0.3) is 5.91 Å². The molecule has 0 aromatic heterocycles. The second-order valence-electron chi connectivity index (χ2n) is 9.73. The molecular formula is C23H34N2O6S. The first-order chi connectivity index (χ1) is 14.9. The number of urea groups is 1. The molecule has 9 heteroatoms. The van der Waals surface area contributed by atoms with E-state index in [-0.39, 0.29) is 35.5 Å². The van der Waals surface area contributed by atoms with E-state index in [0.29, 0.717) is 31.6 Å². The number of imide groups is 1. The Morgan fingerprint density at radius 1 is 1.22 bits per heavy atom. The van der Waals surface area contributed by atoms with Crippen molar-refractivity contribution in [3.63, 3.8) is 0 Å². The molecule has 2 aliphatic rings. The Balaban J connectivity index is 1.47. The number of amides is 3. The maximum atomic E-state index is 12.8. The molecule has 3 amide bonds. The molecule has 8 nitrogen and oxygen atoms in total. The van der Waals surface area contributed by atoms with Crippen LogP contribution in [0.4, 0.5) is 4.79 Å². The number of benzene rings is 1. The minimum Gasteiger partial charge on any atom is -0.491 e. The molecule has 3 rings (SSSR count). The predicted octanol–water partition coefficient (Wildman–Crippen LogP) is 2.39. The number of ether oxygens (including phenoxy) is 1. The third-order valence-electron chi connectivity index (χ3n) is 6.08. The van der Waals surface area contributed by atoms with Gasteiger partial charge in [-0.15, -0.1) is 0 Å². The second-order valence-corrected chi connectivity index (χ2v) is 11.9. The molecule has 0 bridgehead atoms. The standard InChI is InChI=1S/C23H34N2O6S/c1-17-20(26)24-21(27)25(17)12-5-4-6-13-32(29,30)16-23(10-11-23)18-8-7-9-19(14-18)31-15-22(2,3)28/h7-9,14,17,28H,4-6,10-13,15-16H2,1-3H3,(H,24,26,27). The minimum absolute atomic E-state index is 0.115. The van der Waals surface area contributed by atoms with Crippen molar-refractivity contribution >= 4 is 21.8 Å². The SMILES string of the molecule is CC1C(=O)NC(=O)N1CCCCCS(=O)(=O)CC1(c2cccc(OCC(C)(C)O)c2)CC1. The largest absolute Gasteiger partial charge is 0.491 e. The van der Waals surface area contributed by atoms with Crippen LogP contribution in [0.3, 0.4) is 0 Å². The summed E-state index contributed by atoms with van der Waals surface area (Å²) in [5.41, 5.74) is -0.327. The van der Waals surface area contributed by atoms with Crippen LogP contribution in [-0.4, -0.2) is 66.7 Å². The summed E-state index contributed by atoms with van der Waals surface area (Å²) in [4.78, 5) is 24.7. The molecule has 178 valence electrons. The molecular weight excluding hydrogens is 432 g/mol. The predicted molar refractivity (Wildman–Crippen MR) is 121 cm³/mol.